The zero-order chi connectivity index (χ0) is 16.0. The van der Waals surface area contributed by atoms with Gasteiger partial charge in [0.05, 0.1) is 0 Å². The molecule has 2 aromatic rings. The molecular weight excluding hydrogens is 286 g/mol. The van der Waals surface area contributed by atoms with Gasteiger partial charge in [-0.2, -0.15) is 0 Å². The molecule has 2 aromatic carbocycles. The van der Waals surface area contributed by atoms with Gasteiger partial charge in [-0.05, 0) is 30.3 Å². The second-order valence-electron chi connectivity index (χ2n) is 5.78. The largest absolute Gasteiger partial charge is 0.451 e. The number of rotatable bonds is 4. The number of benzene rings is 2. The van der Waals surface area contributed by atoms with Gasteiger partial charge >= 0.3 is 5.97 Å². The molecule has 0 spiro atoms. The second-order valence-corrected chi connectivity index (χ2v) is 5.78. The van der Waals surface area contributed by atoms with E-state index in [2.05, 4.69) is 5.32 Å². The maximum atomic E-state index is 12.3. The van der Waals surface area contributed by atoms with Gasteiger partial charge in [-0.1, -0.05) is 60.7 Å². The topological polar surface area (TPSA) is 38.3 Å². The first kappa shape index (κ1) is 15.5. The molecule has 1 N–H and O–H groups in total. The van der Waals surface area contributed by atoms with E-state index in [4.69, 9.17) is 4.74 Å². The minimum absolute atomic E-state index is 0.292. The van der Waals surface area contributed by atoms with Crippen LogP contribution in [-0.4, -0.2) is 19.1 Å². The Morgan fingerprint density at radius 1 is 0.957 bits per heavy atom. The highest BCUT2D eigenvalue weighted by molar-refractivity contribution is 5.87. The van der Waals surface area contributed by atoms with Gasteiger partial charge in [0, 0.05) is 18.9 Å². The summed E-state index contributed by atoms with van der Waals surface area (Å²) < 4.78 is 5.92. The minimum atomic E-state index is -0.523. The molecule has 3 heteroatoms. The van der Waals surface area contributed by atoms with Crippen molar-refractivity contribution in [1.29, 1.82) is 0 Å². The van der Waals surface area contributed by atoms with E-state index in [1.807, 2.05) is 60.7 Å². The lowest BCUT2D eigenvalue weighted by Crippen LogP contribution is -2.42. The zero-order valence-electron chi connectivity index (χ0n) is 13.1. The summed E-state index contributed by atoms with van der Waals surface area (Å²) in [6.07, 6.45) is 4.90. The number of nitrogens with one attached hydrogen (secondary N) is 1. The number of esters is 1. The predicted octanol–water partition coefficient (Wildman–Crippen LogP) is 3.52. The Bertz CT molecular complexity index is 659. The zero-order valence-corrected chi connectivity index (χ0v) is 13.1. The third-order valence-electron chi connectivity index (χ3n) is 4.22. The fourth-order valence-electron chi connectivity index (χ4n) is 2.98. The van der Waals surface area contributed by atoms with Crippen molar-refractivity contribution in [2.24, 2.45) is 0 Å². The molecule has 0 radical (unpaired) electrons. The van der Waals surface area contributed by atoms with E-state index in [1.165, 1.54) is 6.08 Å². The summed E-state index contributed by atoms with van der Waals surface area (Å²) in [7, 11) is 0. The standard InChI is InChI=1S/C20H21NO2/c22-19(12-11-17-7-3-1-4-8-17)23-20(13-15-21-16-14-20)18-9-5-2-6-10-18/h1-12,21H,13-16H2/b12-11+. The predicted molar refractivity (Wildman–Crippen MR) is 91.8 cm³/mol. The first-order chi connectivity index (χ1) is 11.3. The first-order valence-corrected chi connectivity index (χ1v) is 8.01. The van der Waals surface area contributed by atoms with E-state index in [-0.39, 0.29) is 5.97 Å². The Morgan fingerprint density at radius 2 is 1.57 bits per heavy atom. The number of carbonyl (C=O) groups is 1. The van der Waals surface area contributed by atoms with Crippen LogP contribution in [0.2, 0.25) is 0 Å². The van der Waals surface area contributed by atoms with E-state index in [0.29, 0.717) is 0 Å². The molecule has 0 unspecified atom stereocenters. The summed E-state index contributed by atoms with van der Waals surface area (Å²) in [5.74, 6) is -0.292. The van der Waals surface area contributed by atoms with Crippen LogP contribution >= 0.6 is 0 Å². The summed E-state index contributed by atoms with van der Waals surface area (Å²) in [5, 5.41) is 3.33. The van der Waals surface area contributed by atoms with Gasteiger partial charge in [-0.25, -0.2) is 4.79 Å². The molecule has 0 aromatic heterocycles. The number of piperidine rings is 1. The van der Waals surface area contributed by atoms with Crippen molar-refractivity contribution in [2.75, 3.05) is 13.1 Å². The van der Waals surface area contributed by atoms with Crippen molar-refractivity contribution in [3.63, 3.8) is 0 Å². The summed E-state index contributed by atoms with van der Waals surface area (Å²) >= 11 is 0. The fourth-order valence-corrected chi connectivity index (χ4v) is 2.98. The Balaban J connectivity index is 1.76. The summed E-state index contributed by atoms with van der Waals surface area (Å²) in [6, 6.07) is 19.8. The summed E-state index contributed by atoms with van der Waals surface area (Å²) in [6.45, 7) is 1.70. The Morgan fingerprint density at radius 3 is 2.22 bits per heavy atom. The van der Waals surface area contributed by atoms with Crippen LogP contribution in [0.15, 0.2) is 66.7 Å². The van der Waals surface area contributed by atoms with Crippen LogP contribution in [0.4, 0.5) is 0 Å². The highest BCUT2D eigenvalue weighted by atomic mass is 16.6. The van der Waals surface area contributed by atoms with Crippen LogP contribution in [0.1, 0.15) is 24.0 Å². The number of hydrogen-bond donors (Lipinski definition) is 1. The van der Waals surface area contributed by atoms with Gasteiger partial charge in [-0.15, -0.1) is 0 Å². The smallest absolute Gasteiger partial charge is 0.331 e. The number of carbonyl (C=O) groups excluding carboxylic acids is 1. The van der Waals surface area contributed by atoms with Crippen LogP contribution < -0.4 is 5.32 Å². The van der Waals surface area contributed by atoms with Crippen LogP contribution in [0, 0.1) is 0 Å². The quantitative estimate of drug-likeness (QED) is 0.694. The van der Waals surface area contributed by atoms with E-state index in [1.54, 1.807) is 6.08 Å². The van der Waals surface area contributed by atoms with Gasteiger partial charge < -0.3 is 10.1 Å². The minimum Gasteiger partial charge on any atom is -0.451 e. The Hall–Kier alpha value is -2.39. The van der Waals surface area contributed by atoms with Crippen LogP contribution in [0.3, 0.4) is 0 Å². The molecule has 3 nitrogen and oxygen atoms in total. The normalized spacial score (nSPS) is 17.0. The highest BCUT2D eigenvalue weighted by Crippen LogP contribution is 2.35. The molecule has 0 bridgehead atoms. The van der Waals surface area contributed by atoms with Crippen molar-refractivity contribution in [1.82, 2.24) is 5.32 Å². The summed E-state index contributed by atoms with van der Waals surface area (Å²) in [5.41, 5.74) is 1.54. The SMILES string of the molecule is O=C(/C=C/c1ccccc1)OC1(c2ccccc2)CCNCC1. The van der Waals surface area contributed by atoms with Gasteiger partial charge in [0.1, 0.15) is 5.60 Å². The molecular formula is C20H21NO2. The monoisotopic (exact) mass is 307 g/mol. The lowest BCUT2D eigenvalue weighted by atomic mass is 9.85. The average Bonchev–Trinajstić information content (AvgIpc) is 2.62. The van der Waals surface area contributed by atoms with Crippen LogP contribution in [-0.2, 0) is 15.1 Å². The lowest BCUT2D eigenvalue weighted by Gasteiger charge is -2.37. The molecule has 0 atom stereocenters. The van der Waals surface area contributed by atoms with Crippen LogP contribution in [0.5, 0.6) is 0 Å². The molecule has 118 valence electrons. The molecule has 0 amide bonds. The van der Waals surface area contributed by atoms with Crippen molar-refractivity contribution in [3.05, 3.63) is 77.9 Å². The maximum Gasteiger partial charge on any atom is 0.331 e. The molecule has 1 fully saturated rings. The first-order valence-electron chi connectivity index (χ1n) is 8.01. The van der Waals surface area contributed by atoms with E-state index >= 15 is 0 Å². The lowest BCUT2D eigenvalue weighted by molar-refractivity contribution is -0.157. The van der Waals surface area contributed by atoms with Crippen molar-refractivity contribution >= 4 is 12.0 Å². The fraction of sp³-hybridized carbons (Fsp3) is 0.250. The molecule has 0 saturated carbocycles. The van der Waals surface area contributed by atoms with E-state index < -0.39 is 5.60 Å². The van der Waals surface area contributed by atoms with E-state index in [0.717, 1.165) is 37.1 Å². The number of hydrogen-bond acceptors (Lipinski definition) is 3. The van der Waals surface area contributed by atoms with Gasteiger partial charge in [0.25, 0.3) is 0 Å². The Labute approximate surface area is 137 Å². The molecule has 1 aliphatic heterocycles. The third kappa shape index (κ3) is 3.88. The van der Waals surface area contributed by atoms with Crippen molar-refractivity contribution < 1.29 is 9.53 Å². The second kappa shape index (κ2) is 7.25. The van der Waals surface area contributed by atoms with Gasteiger partial charge in [-0.3, -0.25) is 0 Å². The molecule has 1 aliphatic rings. The maximum absolute atomic E-state index is 12.3. The molecule has 23 heavy (non-hydrogen) atoms. The van der Waals surface area contributed by atoms with Crippen molar-refractivity contribution in [3.8, 4) is 0 Å². The van der Waals surface area contributed by atoms with Crippen LogP contribution in [0.25, 0.3) is 6.08 Å². The molecule has 3 rings (SSSR count). The molecule has 0 aliphatic carbocycles. The van der Waals surface area contributed by atoms with Gasteiger partial charge in [0.2, 0.25) is 0 Å². The summed E-state index contributed by atoms with van der Waals surface area (Å²) in [4.78, 5) is 12.3. The highest BCUT2D eigenvalue weighted by Gasteiger charge is 2.37. The third-order valence-corrected chi connectivity index (χ3v) is 4.22. The van der Waals surface area contributed by atoms with Gasteiger partial charge in [0.15, 0.2) is 0 Å². The Kier molecular flexibility index (Phi) is 4.89. The number of ether oxygens (including phenoxy) is 1. The molecule has 1 saturated heterocycles. The van der Waals surface area contributed by atoms with Crippen molar-refractivity contribution in [2.45, 2.75) is 18.4 Å². The van der Waals surface area contributed by atoms with E-state index in [9.17, 15) is 4.79 Å². The average molecular weight is 307 g/mol. The molecule has 1 heterocycles.